The summed E-state index contributed by atoms with van der Waals surface area (Å²) in [6.45, 7) is 7.52. The minimum absolute atomic E-state index is 0.416. The average Bonchev–Trinajstić information content (AvgIpc) is 2.83. The van der Waals surface area contributed by atoms with Crippen molar-refractivity contribution in [2.45, 2.75) is 59.3 Å². The highest BCUT2D eigenvalue weighted by Crippen LogP contribution is 2.37. The quantitative estimate of drug-likeness (QED) is 0.870. The zero-order valence-electron chi connectivity index (χ0n) is 11.8. The highest BCUT2D eigenvalue weighted by molar-refractivity contribution is 5.26. The molecule has 1 saturated carbocycles. The van der Waals surface area contributed by atoms with Crippen LogP contribution < -0.4 is 5.32 Å². The first kappa shape index (κ1) is 13.2. The fourth-order valence-corrected chi connectivity index (χ4v) is 2.71. The molecule has 0 radical (unpaired) electrons. The Balaban J connectivity index is 2.01. The van der Waals surface area contributed by atoms with Gasteiger partial charge in [-0.3, -0.25) is 0 Å². The molecule has 18 heavy (non-hydrogen) atoms. The highest BCUT2D eigenvalue weighted by Gasteiger charge is 2.28. The molecule has 1 aromatic rings. The third-order valence-electron chi connectivity index (χ3n) is 3.99. The number of nitrogens with one attached hydrogen (secondary N) is 1. The lowest BCUT2D eigenvalue weighted by atomic mass is 9.89. The second kappa shape index (κ2) is 5.63. The van der Waals surface area contributed by atoms with E-state index in [1.54, 1.807) is 0 Å². The first-order chi connectivity index (χ1) is 8.67. The largest absolute Gasteiger partial charge is 0.352 e. The van der Waals surface area contributed by atoms with Crippen molar-refractivity contribution in [3.63, 3.8) is 0 Å². The third-order valence-corrected chi connectivity index (χ3v) is 3.99. The van der Waals surface area contributed by atoms with Crippen LogP contribution in [0.1, 0.15) is 57.8 Å². The SMILES string of the molecule is CCc1nnc(NCC2(C)CCCC2)nc1CC. The van der Waals surface area contributed by atoms with E-state index in [0.717, 1.165) is 30.8 Å². The van der Waals surface area contributed by atoms with Gasteiger partial charge in [-0.05, 0) is 31.1 Å². The molecule has 100 valence electrons. The van der Waals surface area contributed by atoms with Gasteiger partial charge in [0.2, 0.25) is 5.95 Å². The molecule has 1 aliphatic carbocycles. The standard InChI is InChI=1S/C14H24N4/c1-4-11-12(5-2)17-18-13(16-11)15-10-14(3)8-6-7-9-14/h4-10H2,1-3H3,(H,15,16,18). The summed E-state index contributed by atoms with van der Waals surface area (Å²) < 4.78 is 0. The van der Waals surface area contributed by atoms with E-state index >= 15 is 0 Å². The molecule has 4 nitrogen and oxygen atoms in total. The van der Waals surface area contributed by atoms with Crippen LogP contribution >= 0.6 is 0 Å². The van der Waals surface area contributed by atoms with E-state index in [1.165, 1.54) is 25.7 Å². The summed E-state index contributed by atoms with van der Waals surface area (Å²) in [6, 6.07) is 0. The summed E-state index contributed by atoms with van der Waals surface area (Å²) >= 11 is 0. The van der Waals surface area contributed by atoms with Gasteiger partial charge in [0.05, 0.1) is 11.4 Å². The Bertz CT molecular complexity index is 397. The molecule has 0 saturated heterocycles. The zero-order chi connectivity index (χ0) is 13.0. The van der Waals surface area contributed by atoms with Crippen LogP contribution in [-0.4, -0.2) is 21.7 Å². The van der Waals surface area contributed by atoms with Gasteiger partial charge >= 0.3 is 0 Å². The number of aryl methyl sites for hydroxylation is 2. The predicted molar refractivity (Wildman–Crippen MR) is 73.6 cm³/mol. The fourth-order valence-electron chi connectivity index (χ4n) is 2.71. The molecule has 1 aliphatic rings. The number of aromatic nitrogens is 3. The van der Waals surface area contributed by atoms with Gasteiger partial charge in [-0.15, -0.1) is 5.10 Å². The summed E-state index contributed by atoms with van der Waals surface area (Å²) in [5, 5.41) is 11.8. The van der Waals surface area contributed by atoms with Gasteiger partial charge < -0.3 is 5.32 Å². The molecule has 0 amide bonds. The topological polar surface area (TPSA) is 50.7 Å². The van der Waals surface area contributed by atoms with Crippen LogP contribution in [0.3, 0.4) is 0 Å². The predicted octanol–water partition coefficient (Wildman–Crippen LogP) is 2.99. The second-order valence-corrected chi connectivity index (χ2v) is 5.61. The molecule has 0 bridgehead atoms. The maximum Gasteiger partial charge on any atom is 0.242 e. The Labute approximate surface area is 110 Å². The first-order valence-electron chi connectivity index (χ1n) is 7.13. The Morgan fingerprint density at radius 2 is 1.72 bits per heavy atom. The van der Waals surface area contributed by atoms with Crippen molar-refractivity contribution in [1.29, 1.82) is 0 Å². The zero-order valence-corrected chi connectivity index (χ0v) is 11.8. The van der Waals surface area contributed by atoms with Gasteiger partial charge in [0, 0.05) is 6.54 Å². The maximum atomic E-state index is 4.57. The lowest BCUT2D eigenvalue weighted by Crippen LogP contribution is -2.24. The maximum absolute atomic E-state index is 4.57. The summed E-state index contributed by atoms with van der Waals surface area (Å²) in [4.78, 5) is 4.57. The molecule has 0 spiro atoms. The summed E-state index contributed by atoms with van der Waals surface area (Å²) in [6.07, 6.45) is 7.15. The number of hydrogen-bond donors (Lipinski definition) is 1. The molecular formula is C14H24N4. The van der Waals surface area contributed by atoms with E-state index < -0.39 is 0 Å². The lowest BCUT2D eigenvalue weighted by Gasteiger charge is -2.23. The monoisotopic (exact) mass is 248 g/mol. The second-order valence-electron chi connectivity index (χ2n) is 5.61. The van der Waals surface area contributed by atoms with Crippen LogP contribution in [0.5, 0.6) is 0 Å². The van der Waals surface area contributed by atoms with Gasteiger partial charge in [-0.1, -0.05) is 33.6 Å². The van der Waals surface area contributed by atoms with Crippen LogP contribution in [-0.2, 0) is 12.8 Å². The van der Waals surface area contributed by atoms with E-state index in [1.807, 2.05) is 0 Å². The van der Waals surface area contributed by atoms with Gasteiger partial charge in [-0.2, -0.15) is 5.10 Å². The first-order valence-corrected chi connectivity index (χ1v) is 7.13. The molecule has 1 aromatic heterocycles. The Hall–Kier alpha value is -1.19. The van der Waals surface area contributed by atoms with E-state index in [2.05, 4.69) is 41.3 Å². The van der Waals surface area contributed by atoms with Gasteiger partial charge in [0.1, 0.15) is 0 Å². The molecule has 1 N–H and O–H groups in total. The van der Waals surface area contributed by atoms with Crippen molar-refractivity contribution in [1.82, 2.24) is 15.2 Å². The molecule has 1 fully saturated rings. The van der Waals surface area contributed by atoms with Gasteiger partial charge in [0.15, 0.2) is 0 Å². The minimum Gasteiger partial charge on any atom is -0.352 e. The van der Waals surface area contributed by atoms with E-state index in [4.69, 9.17) is 0 Å². The smallest absolute Gasteiger partial charge is 0.242 e. The van der Waals surface area contributed by atoms with Crippen molar-refractivity contribution in [2.24, 2.45) is 5.41 Å². The Morgan fingerprint density at radius 3 is 2.33 bits per heavy atom. The number of nitrogens with zero attached hydrogens (tertiary/aromatic N) is 3. The van der Waals surface area contributed by atoms with Crippen LogP contribution in [0.25, 0.3) is 0 Å². The fraction of sp³-hybridized carbons (Fsp3) is 0.786. The van der Waals surface area contributed by atoms with Crippen LogP contribution in [0.4, 0.5) is 5.95 Å². The van der Waals surface area contributed by atoms with E-state index in [9.17, 15) is 0 Å². The summed E-state index contributed by atoms with van der Waals surface area (Å²) in [5.41, 5.74) is 2.51. The molecular weight excluding hydrogens is 224 g/mol. The Kier molecular flexibility index (Phi) is 4.15. The van der Waals surface area contributed by atoms with Crippen molar-refractivity contribution >= 4 is 5.95 Å². The van der Waals surface area contributed by atoms with Crippen LogP contribution in [0, 0.1) is 5.41 Å². The van der Waals surface area contributed by atoms with Crippen molar-refractivity contribution < 1.29 is 0 Å². The van der Waals surface area contributed by atoms with Gasteiger partial charge in [0.25, 0.3) is 0 Å². The van der Waals surface area contributed by atoms with Crippen molar-refractivity contribution in [3.8, 4) is 0 Å². The minimum atomic E-state index is 0.416. The summed E-state index contributed by atoms with van der Waals surface area (Å²) in [7, 11) is 0. The van der Waals surface area contributed by atoms with Crippen molar-refractivity contribution in [3.05, 3.63) is 11.4 Å². The van der Waals surface area contributed by atoms with Crippen LogP contribution in [0.2, 0.25) is 0 Å². The van der Waals surface area contributed by atoms with Crippen LogP contribution in [0.15, 0.2) is 0 Å². The molecule has 0 atom stereocenters. The molecule has 4 heteroatoms. The van der Waals surface area contributed by atoms with Crippen molar-refractivity contribution in [2.75, 3.05) is 11.9 Å². The lowest BCUT2D eigenvalue weighted by molar-refractivity contribution is 0.361. The molecule has 0 aromatic carbocycles. The van der Waals surface area contributed by atoms with E-state index in [0.29, 0.717) is 11.4 Å². The number of rotatable bonds is 5. The third kappa shape index (κ3) is 2.98. The molecule has 2 rings (SSSR count). The average molecular weight is 248 g/mol. The van der Waals surface area contributed by atoms with E-state index in [-0.39, 0.29) is 0 Å². The number of hydrogen-bond acceptors (Lipinski definition) is 4. The highest BCUT2D eigenvalue weighted by atomic mass is 15.2. The molecule has 1 heterocycles. The number of anilines is 1. The Morgan fingerprint density at radius 1 is 1.06 bits per heavy atom. The van der Waals surface area contributed by atoms with Gasteiger partial charge in [-0.25, -0.2) is 4.98 Å². The summed E-state index contributed by atoms with van der Waals surface area (Å²) in [5.74, 6) is 0.692. The normalized spacial score (nSPS) is 17.9. The molecule has 0 unspecified atom stereocenters. The molecule has 0 aliphatic heterocycles.